The zero-order valence-electron chi connectivity index (χ0n) is 15.2. The van der Waals surface area contributed by atoms with E-state index in [0.717, 1.165) is 5.56 Å². The number of nitriles is 1. The minimum absolute atomic E-state index is 0.0873. The molecule has 0 saturated heterocycles. The van der Waals surface area contributed by atoms with Crippen molar-refractivity contribution in [1.82, 2.24) is 4.90 Å². The van der Waals surface area contributed by atoms with E-state index in [1.165, 1.54) is 0 Å². The van der Waals surface area contributed by atoms with Gasteiger partial charge in [0.15, 0.2) is 18.1 Å². The maximum atomic E-state index is 12.5. The molecule has 2 aromatic rings. The van der Waals surface area contributed by atoms with Gasteiger partial charge in [-0.1, -0.05) is 12.1 Å². The van der Waals surface area contributed by atoms with E-state index in [2.05, 4.69) is 0 Å². The summed E-state index contributed by atoms with van der Waals surface area (Å²) < 4.78 is 16.1. The highest BCUT2D eigenvalue weighted by atomic mass is 16.5. The zero-order valence-corrected chi connectivity index (χ0v) is 15.2. The van der Waals surface area contributed by atoms with Crippen LogP contribution in [0.4, 0.5) is 0 Å². The SMILES string of the molecule is CCN(Cc1ccc(OC)c(OC)c1)C(=O)COc1cccc(C#N)c1. The van der Waals surface area contributed by atoms with E-state index < -0.39 is 0 Å². The van der Waals surface area contributed by atoms with Gasteiger partial charge in [0.1, 0.15) is 5.75 Å². The summed E-state index contributed by atoms with van der Waals surface area (Å²) in [5.41, 5.74) is 1.43. The highest BCUT2D eigenvalue weighted by Gasteiger charge is 2.14. The maximum Gasteiger partial charge on any atom is 0.260 e. The fraction of sp³-hybridized carbons (Fsp3) is 0.300. The third-order valence-electron chi connectivity index (χ3n) is 3.88. The van der Waals surface area contributed by atoms with Crippen molar-refractivity contribution in [2.24, 2.45) is 0 Å². The lowest BCUT2D eigenvalue weighted by molar-refractivity contribution is -0.133. The lowest BCUT2D eigenvalue weighted by atomic mass is 10.2. The quantitative estimate of drug-likeness (QED) is 0.729. The molecule has 2 rings (SSSR count). The topological polar surface area (TPSA) is 71.8 Å². The van der Waals surface area contributed by atoms with Crippen LogP contribution in [-0.4, -0.2) is 38.2 Å². The second-order valence-electron chi connectivity index (χ2n) is 5.53. The molecule has 0 heterocycles. The first-order chi connectivity index (χ1) is 12.6. The van der Waals surface area contributed by atoms with Crippen LogP contribution in [0, 0.1) is 11.3 Å². The van der Waals surface area contributed by atoms with Crippen molar-refractivity contribution in [2.45, 2.75) is 13.5 Å². The molecule has 136 valence electrons. The first-order valence-corrected chi connectivity index (χ1v) is 8.22. The number of carbonyl (C=O) groups is 1. The first-order valence-electron chi connectivity index (χ1n) is 8.22. The number of benzene rings is 2. The molecule has 6 heteroatoms. The number of carbonyl (C=O) groups excluding carboxylic acids is 1. The number of methoxy groups -OCH3 is 2. The Balaban J connectivity index is 2.01. The second kappa shape index (κ2) is 9.33. The molecule has 0 N–H and O–H groups in total. The van der Waals surface area contributed by atoms with Gasteiger partial charge in [0, 0.05) is 13.1 Å². The van der Waals surface area contributed by atoms with Gasteiger partial charge in [0.05, 0.1) is 25.9 Å². The van der Waals surface area contributed by atoms with E-state index in [-0.39, 0.29) is 12.5 Å². The average molecular weight is 354 g/mol. The van der Waals surface area contributed by atoms with Crippen molar-refractivity contribution >= 4 is 5.91 Å². The lowest BCUT2D eigenvalue weighted by Crippen LogP contribution is -2.34. The minimum atomic E-state index is -0.135. The van der Waals surface area contributed by atoms with Crippen LogP contribution in [0.1, 0.15) is 18.1 Å². The van der Waals surface area contributed by atoms with Gasteiger partial charge in [-0.15, -0.1) is 0 Å². The fourth-order valence-corrected chi connectivity index (χ4v) is 2.47. The van der Waals surface area contributed by atoms with Gasteiger partial charge in [-0.2, -0.15) is 5.26 Å². The van der Waals surface area contributed by atoms with Crippen molar-refractivity contribution in [2.75, 3.05) is 27.4 Å². The largest absolute Gasteiger partial charge is 0.493 e. The summed E-state index contributed by atoms with van der Waals surface area (Å²) in [6.45, 7) is 2.82. The fourth-order valence-electron chi connectivity index (χ4n) is 2.47. The van der Waals surface area contributed by atoms with Gasteiger partial charge in [-0.25, -0.2) is 0 Å². The van der Waals surface area contributed by atoms with Crippen LogP contribution >= 0.6 is 0 Å². The van der Waals surface area contributed by atoms with Crippen LogP contribution in [0.5, 0.6) is 17.2 Å². The number of nitrogens with zero attached hydrogens (tertiary/aromatic N) is 2. The van der Waals surface area contributed by atoms with Gasteiger partial charge in [0.2, 0.25) is 0 Å². The summed E-state index contributed by atoms with van der Waals surface area (Å²) in [5, 5.41) is 8.91. The minimum Gasteiger partial charge on any atom is -0.493 e. The highest BCUT2D eigenvalue weighted by Crippen LogP contribution is 2.28. The molecule has 1 amide bonds. The van der Waals surface area contributed by atoms with Crippen molar-refractivity contribution in [3.63, 3.8) is 0 Å². The number of likely N-dealkylation sites (N-methyl/N-ethyl adjacent to an activating group) is 1. The van der Waals surface area contributed by atoms with Gasteiger partial charge in [-0.05, 0) is 42.8 Å². The number of hydrogen-bond acceptors (Lipinski definition) is 5. The molecule has 0 atom stereocenters. The number of hydrogen-bond donors (Lipinski definition) is 0. The van der Waals surface area contributed by atoms with Crippen molar-refractivity contribution in [3.8, 4) is 23.3 Å². The van der Waals surface area contributed by atoms with Gasteiger partial charge in [-0.3, -0.25) is 4.79 Å². The molecule has 0 fully saturated rings. The predicted molar refractivity (Wildman–Crippen MR) is 97.3 cm³/mol. The normalized spacial score (nSPS) is 9.92. The van der Waals surface area contributed by atoms with Crippen molar-refractivity contribution < 1.29 is 19.0 Å². The Hall–Kier alpha value is -3.20. The molecule has 0 radical (unpaired) electrons. The van der Waals surface area contributed by atoms with Crippen LogP contribution in [0.25, 0.3) is 0 Å². The van der Waals surface area contributed by atoms with E-state index in [4.69, 9.17) is 19.5 Å². The maximum absolute atomic E-state index is 12.5. The van der Waals surface area contributed by atoms with E-state index >= 15 is 0 Å². The molecule has 0 saturated carbocycles. The summed E-state index contributed by atoms with van der Waals surface area (Å²) in [5.74, 6) is 1.63. The average Bonchev–Trinajstić information content (AvgIpc) is 2.70. The summed E-state index contributed by atoms with van der Waals surface area (Å²) >= 11 is 0. The van der Waals surface area contributed by atoms with E-state index in [9.17, 15) is 4.79 Å². The molecule has 0 aliphatic carbocycles. The third-order valence-corrected chi connectivity index (χ3v) is 3.88. The molecule has 26 heavy (non-hydrogen) atoms. The smallest absolute Gasteiger partial charge is 0.260 e. The zero-order chi connectivity index (χ0) is 18.9. The van der Waals surface area contributed by atoms with Crippen molar-refractivity contribution in [3.05, 3.63) is 53.6 Å². The Morgan fingerprint density at radius 2 is 1.88 bits per heavy atom. The molecule has 6 nitrogen and oxygen atoms in total. The lowest BCUT2D eigenvalue weighted by Gasteiger charge is -2.21. The van der Waals surface area contributed by atoms with Gasteiger partial charge in [0.25, 0.3) is 5.91 Å². The molecule has 2 aromatic carbocycles. The monoisotopic (exact) mass is 354 g/mol. The molecule has 0 spiro atoms. The molecule has 0 aliphatic heterocycles. The van der Waals surface area contributed by atoms with Crippen LogP contribution in [0.2, 0.25) is 0 Å². The molecule has 0 aromatic heterocycles. The van der Waals surface area contributed by atoms with Gasteiger partial charge >= 0.3 is 0 Å². The molecular formula is C20H22N2O4. The van der Waals surface area contributed by atoms with Gasteiger partial charge < -0.3 is 19.1 Å². The first kappa shape index (κ1) is 19.1. The summed E-state index contributed by atoms with van der Waals surface area (Å²) in [7, 11) is 3.16. The Morgan fingerprint density at radius 1 is 1.12 bits per heavy atom. The Bertz CT molecular complexity index is 799. The number of ether oxygens (including phenoxy) is 3. The van der Waals surface area contributed by atoms with Crippen molar-refractivity contribution in [1.29, 1.82) is 5.26 Å². The second-order valence-corrected chi connectivity index (χ2v) is 5.53. The molecule has 0 bridgehead atoms. The van der Waals surface area contributed by atoms with Crippen LogP contribution in [0.3, 0.4) is 0 Å². The predicted octanol–water partition coefficient (Wildman–Crippen LogP) is 3.00. The summed E-state index contributed by atoms with van der Waals surface area (Å²) in [6.07, 6.45) is 0. The Morgan fingerprint density at radius 3 is 2.54 bits per heavy atom. The van der Waals surface area contributed by atoms with Crippen LogP contribution in [0.15, 0.2) is 42.5 Å². The number of amides is 1. The Kier molecular flexibility index (Phi) is 6.86. The molecule has 0 unspecified atom stereocenters. The van der Waals surface area contributed by atoms with E-state index in [0.29, 0.717) is 35.9 Å². The summed E-state index contributed by atoms with van der Waals surface area (Å²) in [4.78, 5) is 14.2. The molecule has 0 aliphatic rings. The van der Waals surface area contributed by atoms with Crippen LogP contribution in [-0.2, 0) is 11.3 Å². The van der Waals surface area contributed by atoms with Crippen LogP contribution < -0.4 is 14.2 Å². The number of rotatable bonds is 8. The molecular weight excluding hydrogens is 332 g/mol. The third kappa shape index (κ3) is 4.90. The summed E-state index contributed by atoms with van der Waals surface area (Å²) in [6, 6.07) is 14.3. The highest BCUT2D eigenvalue weighted by molar-refractivity contribution is 5.77. The van der Waals surface area contributed by atoms with E-state index in [1.807, 2.05) is 31.2 Å². The standard InChI is InChI=1S/C20H22N2O4/c1-4-22(13-16-8-9-18(24-2)19(11-16)25-3)20(23)14-26-17-7-5-6-15(10-17)12-21/h5-11H,4,13-14H2,1-3H3. The van der Waals surface area contributed by atoms with E-state index in [1.54, 1.807) is 43.4 Å². The Labute approximate surface area is 153 Å².